The third-order valence-corrected chi connectivity index (χ3v) is 4.33. The first kappa shape index (κ1) is 13.7. The van der Waals surface area contributed by atoms with Crippen LogP contribution in [0.5, 0.6) is 0 Å². The highest BCUT2D eigenvalue weighted by Gasteiger charge is 2.16. The molecule has 0 unspecified atom stereocenters. The van der Waals surface area contributed by atoms with Gasteiger partial charge in [0.15, 0.2) is 0 Å². The number of aryl methyl sites for hydroxylation is 1. The van der Waals surface area contributed by atoms with Crippen molar-refractivity contribution in [2.24, 2.45) is 5.92 Å². The Hall–Kier alpha value is -0.710. The molecule has 3 nitrogen and oxygen atoms in total. The van der Waals surface area contributed by atoms with Crippen molar-refractivity contribution in [1.29, 1.82) is 0 Å². The van der Waals surface area contributed by atoms with Crippen molar-refractivity contribution in [3.63, 3.8) is 0 Å². The fourth-order valence-corrected chi connectivity index (χ4v) is 2.82. The molecule has 1 aromatic carbocycles. The quantitative estimate of drug-likeness (QED) is 0.873. The van der Waals surface area contributed by atoms with E-state index in [2.05, 4.69) is 10.6 Å². The van der Waals surface area contributed by atoms with Crippen LogP contribution in [0.2, 0.25) is 5.02 Å². The van der Waals surface area contributed by atoms with E-state index in [1.165, 1.54) is 0 Å². The summed E-state index contributed by atoms with van der Waals surface area (Å²) in [6.07, 6.45) is 0. The van der Waals surface area contributed by atoms with Crippen molar-refractivity contribution in [2.75, 3.05) is 29.9 Å². The lowest BCUT2D eigenvalue weighted by molar-refractivity contribution is -0.113. The van der Waals surface area contributed by atoms with E-state index in [9.17, 15) is 4.79 Å². The molecule has 0 saturated carbocycles. The first-order valence-corrected chi connectivity index (χ1v) is 7.53. The maximum Gasteiger partial charge on any atom is 0.234 e. The van der Waals surface area contributed by atoms with Crippen molar-refractivity contribution in [3.05, 3.63) is 28.8 Å². The van der Waals surface area contributed by atoms with Gasteiger partial charge in [0.25, 0.3) is 0 Å². The number of benzene rings is 1. The zero-order chi connectivity index (χ0) is 13.0. The first-order valence-electron chi connectivity index (χ1n) is 5.99. The number of halogens is 1. The van der Waals surface area contributed by atoms with Gasteiger partial charge in [-0.3, -0.25) is 4.79 Å². The fraction of sp³-hybridized carbons (Fsp3) is 0.462. The monoisotopic (exact) mass is 284 g/mol. The second kappa shape index (κ2) is 6.45. The minimum atomic E-state index is 0.0395. The van der Waals surface area contributed by atoms with Gasteiger partial charge in [-0.2, -0.15) is 11.8 Å². The Morgan fingerprint density at radius 2 is 2.33 bits per heavy atom. The molecule has 98 valence electrons. The van der Waals surface area contributed by atoms with E-state index in [0.29, 0.717) is 10.8 Å². The average Bonchev–Trinajstić information content (AvgIpc) is 2.27. The molecule has 1 heterocycles. The molecule has 18 heavy (non-hydrogen) atoms. The van der Waals surface area contributed by atoms with Gasteiger partial charge in [-0.15, -0.1) is 0 Å². The summed E-state index contributed by atoms with van der Waals surface area (Å²) in [5.74, 6) is 2.32. The molecule has 1 aromatic rings. The predicted molar refractivity (Wildman–Crippen MR) is 78.5 cm³/mol. The van der Waals surface area contributed by atoms with Crippen LogP contribution in [-0.2, 0) is 4.79 Å². The maximum atomic E-state index is 11.8. The predicted octanol–water partition coefficient (Wildman–Crippen LogP) is 2.54. The molecular formula is C13H17ClN2OS. The Kier molecular flexibility index (Phi) is 4.92. The first-order chi connectivity index (χ1) is 8.65. The fourth-order valence-electron chi connectivity index (χ4n) is 1.70. The van der Waals surface area contributed by atoms with Gasteiger partial charge in [0.2, 0.25) is 5.91 Å². The summed E-state index contributed by atoms with van der Waals surface area (Å²) < 4.78 is 0. The van der Waals surface area contributed by atoms with Crippen LogP contribution in [-0.4, -0.2) is 30.5 Å². The number of amides is 1. The Morgan fingerprint density at radius 3 is 3.00 bits per heavy atom. The van der Waals surface area contributed by atoms with Crippen molar-refractivity contribution < 1.29 is 4.79 Å². The van der Waals surface area contributed by atoms with Crippen LogP contribution in [0.15, 0.2) is 18.2 Å². The highest BCUT2D eigenvalue weighted by atomic mass is 35.5. The topological polar surface area (TPSA) is 41.1 Å². The van der Waals surface area contributed by atoms with E-state index >= 15 is 0 Å². The van der Waals surface area contributed by atoms with Gasteiger partial charge in [-0.25, -0.2) is 0 Å². The van der Waals surface area contributed by atoms with Gasteiger partial charge in [-0.05, 0) is 49.4 Å². The molecule has 0 bridgehead atoms. The van der Waals surface area contributed by atoms with E-state index in [1.807, 2.05) is 19.1 Å². The zero-order valence-electron chi connectivity index (χ0n) is 10.3. The summed E-state index contributed by atoms with van der Waals surface area (Å²) in [5.41, 5.74) is 1.83. The molecule has 1 aliphatic heterocycles. The largest absolute Gasteiger partial charge is 0.325 e. The third kappa shape index (κ3) is 3.90. The molecule has 1 fully saturated rings. The maximum absolute atomic E-state index is 11.8. The van der Waals surface area contributed by atoms with Gasteiger partial charge in [0, 0.05) is 10.7 Å². The van der Waals surface area contributed by atoms with Crippen molar-refractivity contribution in [1.82, 2.24) is 5.32 Å². The summed E-state index contributed by atoms with van der Waals surface area (Å²) >= 11 is 7.60. The summed E-state index contributed by atoms with van der Waals surface area (Å²) in [6.45, 7) is 4.13. The van der Waals surface area contributed by atoms with Crippen LogP contribution in [0.4, 0.5) is 5.69 Å². The SMILES string of the molecule is Cc1ccc(Cl)cc1NC(=O)CSCC1CNC1. The average molecular weight is 285 g/mol. The summed E-state index contributed by atoms with van der Waals surface area (Å²) in [5, 5.41) is 6.77. The van der Waals surface area contributed by atoms with Crippen LogP contribution in [0.3, 0.4) is 0 Å². The number of rotatable bonds is 5. The Bertz CT molecular complexity index is 435. The lowest BCUT2D eigenvalue weighted by atomic mass is 10.1. The molecule has 0 aliphatic carbocycles. The lowest BCUT2D eigenvalue weighted by Crippen LogP contribution is -2.43. The minimum Gasteiger partial charge on any atom is -0.325 e. The Labute approximate surface area is 117 Å². The second-order valence-corrected chi connectivity index (χ2v) is 6.01. The molecule has 1 saturated heterocycles. The zero-order valence-corrected chi connectivity index (χ0v) is 11.9. The molecule has 0 aromatic heterocycles. The van der Waals surface area contributed by atoms with E-state index < -0.39 is 0 Å². The summed E-state index contributed by atoms with van der Waals surface area (Å²) in [4.78, 5) is 11.8. The number of carbonyl (C=O) groups excluding carboxylic acids is 1. The number of hydrogen-bond donors (Lipinski definition) is 2. The van der Waals surface area contributed by atoms with Crippen LogP contribution >= 0.6 is 23.4 Å². The highest BCUT2D eigenvalue weighted by molar-refractivity contribution is 7.99. The van der Waals surface area contributed by atoms with Crippen LogP contribution in [0.25, 0.3) is 0 Å². The van der Waals surface area contributed by atoms with E-state index in [0.717, 1.165) is 36.0 Å². The molecule has 0 radical (unpaired) electrons. The Morgan fingerprint density at radius 1 is 1.56 bits per heavy atom. The van der Waals surface area contributed by atoms with E-state index in [4.69, 9.17) is 11.6 Å². The molecule has 5 heteroatoms. The van der Waals surface area contributed by atoms with Crippen molar-refractivity contribution in [2.45, 2.75) is 6.92 Å². The highest BCUT2D eigenvalue weighted by Crippen LogP contribution is 2.20. The molecule has 2 N–H and O–H groups in total. The standard InChI is InChI=1S/C13H17ClN2OS/c1-9-2-3-11(14)4-12(9)16-13(17)8-18-7-10-5-15-6-10/h2-4,10,15H,5-8H2,1H3,(H,16,17). The van der Waals surface area contributed by atoms with Gasteiger partial charge >= 0.3 is 0 Å². The molecule has 2 rings (SSSR count). The van der Waals surface area contributed by atoms with Gasteiger partial charge < -0.3 is 10.6 Å². The van der Waals surface area contributed by atoms with E-state index in [1.54, 1.807) is 17.8 Å². The molecule has 0 atom stereocenters. The molecular weight excluding hydrogens is 268 g/mol. The number of nitrogens with one attached hydrogen (secondary N) is 2. The van der Waals surface area contributed by atoms with Gasteiger partial charge in [0.05, 0.1) is 5.75 Å². The summed E-state index contributed by atoms with van der Waals surface area (Å²) in [7, 11) is 0. The normalized spacial score (nSPS) is 15.2. The van der Waals surface area contributed by atoms with Crippen LogP contribution in [0.1, 0.15) is 5.56 Å². The van der Waals surface area contributed by atoms with Crippen molar-refractivity contribution >= 4 is 35.0 Å². The number of hydrogen-bond acceptors (Lipinski definition) is 3. The number of carbonyl (C=O) groups is 1. The molecule has 1 aliphatic rings. The lowest BCUT2D eigenvalue weighted by Gasteiger charge is -2.26. The smallest absolute Gasteiger partial charge is 0.234 e. The molecule has 0 spiro atoms. The van der Waals surface area contributed by atoms with Gasteiger partial charge in [-0.1, -0.05) is 17.7 Å². The van der Waals surface area contributed by atoms with Crippen LogP contribution in [0, 0.1) is 12.8 Å². The summed E-state index contributed by atoms with van der Waals surface area (Å²) in [6, 6.07) is 5.52. The number of anilines is 1. The third-order valence-electron chi connectivity index (χ3n) is 2.93. The van der Waals surface area contributed by atoms with E-state index in [-0.39, 0.29) is 5.91 Å². The van der Waals surface area contributed by atoms with Gasteiger partial charge in [0.1, 0.15) is 0 Å². The number of thioether (sulfide) groups is 1. The minimum absolute atomic E-state index is 0.0395. The molecule has 1 amide bonds. The second-order valence-electron chi connectivity index (χ2n) is 4.55. The van der Waals surface area contributed by atoms with Crippen molar-refractivity contribution in [3.8, 4) is 0 Å². The Balaban J connectivity index is 1.77. The van der Waals surface area contributed by atoms with Crippen LogP contribution < -0.4 is 10.6 Å².